The van der Waals surface area contributed by atoms with Crippen molar-refractivity contribution < 1.29 is 115 Å². The van der Waals surface area contributed by atoms with Crippen LogP contribution in [0.25, 0.3) is 0 Å². The summed E-state index contributed by atoms with van der Waals surface area (Å²) in [4.78, 5) is 20.0. The number of rotatable bonds is 26. The zero-order valence-corrected chi connectivity index (χ0v) is 38.3. The van der Waals surface area contributed by atoms with Gasteiger partial charge in [0.1, 0.15) is 13.2 Å². The summed E-state index contributed by atoms with van der Waals surface area (Å²) in [6.45, 7) is 11.6. The van der Waals surface area contributed by atoms with Crippen molar-refractivity contribution in [1.29, 1.82) is 0 Å². The quantitative estimate of drug-likeness (QED) is 0.0432. The van der Waals surface area contributed by atoms with Gasteiger partial charge in [0.05, 0.1) is 89.1 Å². The maximum Gasteiger partial charge on any atom is 1.00 e. The molecular formula is C37H65NaO18S2. The van der Waals surface area contributed by atoms with Crippen molar-refractivity contribution in [2.45, 2.75) is 57.3 Å². The van der Waals surface area contributed by atoms with E-state index < -0.39 is 26.2 Å². The van der Waals surface area contributed by atoms with Gasteiger partial charge in [0.15, 0.2) is 5.78 Å². The number of carboxylic acid groups (broad SMARTS) is 1. The Bertz CT molecular complexity index is 1330. The van der Waals surface area contributed by atoms with Gasteiger partial charge in [-0.05, 0) is 57.9 Å². The molecule has 58 heavy (non-hydrogen) atoms. The van der Waals surface area contributed by atoms with Crippen LogP contribution < -0.4 is 29.6 Å². The molecule has 5 N–H and O–H groups in total. The number of benzene rings is 2. The number of aliphatic hydroxyl groups excluding tert-OH is 4. The SMILES string of the molecule is CCCOCC(C)=O.CCCOCCO.Cc1ccc(S(=O)(=O)OCCOCCOS(=O)(=O)c2ccc(C)cc2)cc1.O=C(O)COCCO.OCCOCCO.[H-].[Na+]. The molecule has 18 nitrogen and oxygen atoms in total. The normalized spacial score (nSPS) is 10.5. The van der Waals surface area contributed by atoms with Crippen LogP contribution in [0.3, 0.4) is 0 Å². The van der Waals surface area contributed by atoms with Gasteiger partial charge in [-0.3, -0.25) is 13.2 Å². The van der Waals surface area contributed by atoms with Crippen LogP contribution in [0.4, 0.5) is 0 Å². The number of Topliss-reactive ketones (excluding diaryl/α,β-unsaturated/α-hetero) is 1. The Balaban J connectivity index is -0.000000248. The van der Waals surface area contributed by atoms with Crippen molar-refractivity contribution in [3.8, 4) is 0 Å². The molecule has 0 heterocycles. The van der Waals surface area contributed by atoms with Crippen molar-refractivity contribution in [3.05, 3.63) is 59.7 Å². The Morgan fingerprint density at radius 1 is 0.517 bits per heavy atom. The molecule has 21 heteroatoms. The second-order valence-electron chi connectivity index (χ2n) is 11.1. The molecule has 0 atom stereocenters. The molecule has 2 aromatic carbocycles. The topological polar surface area (TPSA) is 268 Å². The molecule has 0 saturated carbocycles. The van der Waals surface area contributed by atoms with E-state index in [0.717, 1.165) is 30.6 Å². The van der Waals surface area contributed by atoms with Crippen molar-refractivity contribution in [2.75, 3.05) is 106 Å². The number of ketones is 1. The van der Waals surface area contributed by atoms with Crippen molar-refractivity contribution >= 4 is 32.0 Å². The van der Waals surface area contributed by atoms with Crippen LogP contribution in [0.5, 0.6) is 0 Å². The number of carbonyl (C=O) groups is 2. The number of aliphatic carboxylic acids is 1. The summed E-state index contributed by atoms with van der Waals surface area (Å²) >= 11 is 0. The number of aliphatic hydroxyl groups is 4. The summed E-state index contributed by atoms with van der Waals surface area (Å²) < 4.78 is 81.6. The minimum absolute atomic E-state index is 0. The molecule has 0 amide bonds. The van der Waals surface area contributed by atoms with E-state index in [1.807, 2.05) is 27.7 Å². The smallest absolute Gasteiger partial charge is 1.00 e. The summed E-state index contributed by atoms with van der Waals surface area (Å²) in [7, 11) is -7.68. The third kappa shape index (κ3) is 42.2. The molecular weight excluding hydrogens is 820 g/mol. The minimum Gasteiger partial charge on any atom is -1.00 e. The molecule has 2 rings (SSSR count). The second kappa shape index (κ2) is 43.1. The molecule has 0 radical (unpaired) electrons. The minimum atomic E-state index is -3.84. The average Bonchev–Trinajstić information content (AvgIpc) is 3.16. The first-order valence-corrected chi connectivity index (χ1v) is 20.8. The maximum absolute atomic E-state index is 12.0. The largest absolute Gasteiger partial charge is 1.00 e. The molecule has 0 aromatic heterocycles. The summed E-state index contributed by atoms with van der Waals surface area (Å²) in [5, 5.41) is 40.3. The standard InChI is InChI=1S/C18H22O7S2.C6H12O2.C5H12O2.C4H8O4.C4H10O3.Na.H/c1-15-3-7-17(8-4-15)26(19,20)24-13-11-23-12-14-25-27(21,22)18-9-5-16(2)6-10-18;1-3-4-8-5-6(2)7;1-2-4-7-5-3-6;5-1-2-8-3-4(6)7;5-1-3-7-4-2-6;;/h3-10H,11-14H2,1-2H3;3-5H2,1-2H3;6H,2-5H2,1H3;5H,1-3H2,(H,6,7);5-6H,1-4H2;;/q;;;;;+1;-1. The van der Waals surface area contributed by atoms with Crippen molar-refractivity contribution in [1.82, 2.24) is 0 Å². The van der Waals surface area contributed by atoms with E-state index in [-0.39, 0.29) is 119 Å². The first kappa shape index (κ1) is 62.7. The summed E-state index contributed by atoms with van der Waals surface area (Å²) in [5.41, 5.74) is 1.88. The van der Waals surface area contributed by atoms with E-state index in [1.165, 1.54) is 31.2 Å². The third-order valence-electron chi connectivity index (χ3n) is 5.72. The fraction of sp³-hybridized carbons (Fsp3) is 0.622. The van der Waals surface area contributed by atoms with Crippen LogP contribution in [-0.2, 0) is 61.9 Å². The second-order valence-corrected chi connectivity index (χ2v) is 14.3. The van der Waals surface area contributed by atoms with E-state index in [4.69, 9.17) is 48.1 Å². The van der Waals surface area contributed by atoms with Crippen LogP contribution in [0.15, 0.2) is 58.3 Å². The van der Waals surface area contributed by atoms with Crippen molar-refractivity contribution in [3.63, 3.8) is 0 Å². The Morgan fingerprint density at radius 3 is 1.16 bits per heavy atom. The Morgan fingerprint density at radius 2 is 0.828 bits per heavy atom. The molecule has 0 unspecified atom stereocenters. The number of ether oxygens (including phenoxy) is 5. The molecule has 0 bridgehead atoms. The molecule has 0 aliphatic carbocycles. The van der Waals surface area contributed by atoms with Crippen LogP contribution in [-0.4, -0.2) is 160 Å². The van der Waals surface area contributed by atoms with E-state index in [9.17, 15) is 26.4 Å². The first-order chi connectivity index (χ1) is 27.1. The van der Waals surface area contributed by atoms with Gasteiger partial charge in [0, 0.05) is 13.2 Å². The predicted octanol–water partition coefficient (Wildman–Crippen LogP) is -0.978. The molecule has 334 valence electrons. The van der Waals surface area contributed by atoms with Gasteiger partial charge >= 0.3 is 35.5 Å². The molecule has 0 saturated heterocycles. The zero-order chi connectivity index (χ0) is 43.8. The predicted molar refractivity (Wildman–Crippen MR) is 211 cm³/mol. The van der Waals surface area contributed by atoms with Gasteiger partial charge in [-0.2, -0.15) is 16.8 Å². The molecule has 2 aromatic rings. The average molecular weight is 885 g/mol. The Hall–Kier alpha value is -1.96. The number of hydrogen-bond acceptors (Lipinski definition) is 17. The van der Waals surface area contributed by atoms with Crippen LogP contribution >= 0.6 is 0 Å². The zero-order valence-electron chi connectivity index (χ0n) is 35.7. The summed E-state index contributed by atoms with van der Waals surface area (Å²) in [6.07, 6.45) is 2.01. The fourth-order valence-corrected chi connectivity index (χ4v) is 4.97. The molecule has 0 aliphatic heterocycles. The number of hydrogen-bond donors (Lipinski definition) is 5. The molecule has 0 aliphatic rings. The van der Waals surface area contributed by atoms with Crippen LogP contribution in [0.1, 0.15) is 46.2 Å². The first-order valence-electron chi connectivity index (χ1n) is 18.0. The maximum atomic E-state index is 12.0. The van der Waals surface area contributed by atoms with Crippen molar-refractivity contribution in [2.24, 2.45) is 0 Å². The summed E-state index contributed by atoms with van der Waals surface area (Å²) in [6, 6.07) is 12.6. The van der Waals surface area contributed by atoms with Crippen LogP contribution in [0.2, 0.25) is 0 Å². The van der Waals surface area contributed by atoms with Gasteiger partial charge in [0.25, 0.3) is 20.2 Å². The fourth-order valence-electron chi connectivity index (χ4n) is 3.18. The van der Waals surface area contributed by atoms with Gasteiger partial charge in [0.2, 0.25) is 0 Å². The number of carboxylic acids is 1. The molecule has 0 spiro atoms. The van der Waals surface area contributed by atoms with E-state index >= 15 is 0 Å². The third-order valence-corrected chi connectivity index (χ3v) is 8.37. The van der Waals surface area contributed by atoms with E-state index in [1.54, 1.807) is 24.3 Å². The summed E-state index contributed by atoms with van der Waals surface area (Å²) in [5.74, 6) is -0.920. The van der Waals surface area contributed by atoms with Gasteiger partial charge in [-0.1, -0.05) is 49.2 Å². The number of carbonyl (C=O) groups excluding carboxylic acids is 1. The van der Waals surface area contributed by atoms with E-state index in [2.05, 4.69) is 9.47 Å². The van der Waals surface area contributed by atoms with Gasteiger partial charge in [-0.15, -0.1) is 0 Å². The Labute approximate surface area is 367 Å². The van der Waals surface area contributed by atoms with E-state index in [0.29, 0.717) is 26.4 Å². The van der Waals surface area contributed by atoms with Gasteiger partial charge < -0.3 is 50.6 Å². The Kier molecular flexibility index (Phi) is 46.6. The van der Waals surface area contributed by atoms with Crippen LogP contribution in [0, 0.1) is 13.8 Å². The van der Waals surface area contributed by atoms with Gasteiger partial charge in [-0.25, -0.2) is 4.79 Å². The number of aryl methyl sites for hydroxylation is 2. The monoisotopic (exact) mass is 884 g/mol. The molecule has 0 fully saturated rings.